The Kier molecular flexibility index (Phi) is 4.06. The van der Waals surface area contributed by atoms with Crippen molar-refractivity contribution in [1.82, 2.24) is 24.6 Å². The summed E-state index contributed by atoms with van der Waals surface area (Å²) in [6.45, 7) is 1.80. The second-order valence-corrected chi connectivity index (χ2v) is 6.04. The standard InChI is InChI=1S/C18H13ClN6O/c1-11-15(17(26)22-14-4-2-13(19)3-5-14)10-21-18-23-16(24-25(11)18)12-6-8-20-9-7-12/h2-10H,1H3,(H,22,26). The van der Waals surface area contributed by atoms with Gasteiger partial charge in [0.1, 0.15) is 0 Å². The monoisotopic (exact) mass is 364 g/mol. The van der Waals surface area contributed by atoms with E-state index in [-0.39, 0.29) is 5.91 Å². The van der Waals surface area contributed by atoms with Crippen LogP contribution in [0.2, 0.25) is 5.02 Å². The molecule has 0 atom stereocenters. The van der Waals surface area contributed by atoms with Crippen LogP contribution in [0, 0.1) is 6.92 Å². The highest BCUT2D eigenvalue weighted by atomic mass is 35.5. The maximum Gasteiger partial charge on any atom is 0.259 e. The molecule has 0 radical (unpaired) electrons. The van der Waals surface area contributed by atoms with Gasteiger partial charge in [0.25, 0.3) is 11.7 Å². The van der Waals surface area contributed by atoms with E-state index in [0.717, 1.165) is 5.56 Å². The van der Waals surface area contributed by atoms with Gasteiger partial charge < -0.3 is 5.32 Å². The van der Waals surface area contributed by atoms with E-state index in [0.29, 0.717) is 33.6 Å². The van der Waals surface area contributed by atoms with E-state index in [1.165, 1.54) is 6.20 Å². The van der Waals surface area contributed by atoms with E-state index in [1.54, 1.807) is 48.1 Å². The van der Waals surface area contributed by atoms with Gasteiger partial charge >= 0.3 is 0 Å². The molecule has 0 saturated carbocycles. The van der Waals surface area contributed by atoms with Crippen molar-refractivity contribution in [3.63, 3.8) is 0 Å². The number of fused-ring (bicyclic) bond motifs is 1. The fourth-order valence-electron chi connectivity index (χ4n) is 2.52. The van der Waals surface area contributed by atoms with Crippen LogP contribution < -0.4 is 5.32 Å². The topological polar surface area (TPSA) is 85.1 Å². The Hall–Kier alpha value is -3.32. The van der Waals surface area contributed by atoms with Crippen LogP contribution in [-0.2, 0) is 0 Å². The van der Waals surface area contributed by atoms with Gasteiger partial charge in [-0.2, -0.15) is 4.98 Å². The number of carbonyl (C=O) groups excluding carboxylic acids is 1. The fourth-order valence-corrected chi connectivity index (χ4v) is 2.65. The largest absolute Gasteiger partial charge is 0.322 e. The Balaban J connectivity index is 1.69. The summed E-state index contributed by atoms with van der Waals surface area (Å²) < 4.78 is 1.56. The Morgan fingerprint density at radius 3 is 2.58 bits per heavy atom. The number of benzene rings is 1. The van der Waals surface area contributed by atoms with Crippen LogP contribution in [0.4, 0.5) is 5.69 Å². The van der Waals surface area contributed by atoms with Crippen LogP contribution in [0.25, 0.3) is 17.2 Å². The van der Waals surface area contributed by atoms with Crippen molar-refractivity contribution in [1.29, 1.82) is 0 Å². The second kappa shape index (κ2) is 6.53. The number of amides is 1. The third-order valence-corrected chi connectivity index (χ3v) is 4.14. The average molecular weight is 365 g/mol. The van der Waals surface area contributed by atoms with Crippen molar-refractivity contribution < 1.29 is 4.79 Å². The summed E-state index contributed by atoms with van der Waals surface area (Å²) in [5.74, 6) is 0.677. The number of rotatable bonds is 3. The second-order valence-electron chi connectivity index (χ2n) is 5.60. The molecule has 4 aromatic rings. The lowest BCUT2D eigenvalue weighted by Gasteiger charge is -2.08. The molecule has 3 heterocycles. The number of anilines is 1. The number of aromatic nitrogens is 5. The highest BCUT2D eigenvalue weighted by molar-refractivity contribution is 6.30. The Labute approximate surface area is 153 Å². The van der Waals surface area contributed by atoms with Gasteiger partial charge in [-0.25, -0.2) is 9.50 Å². The molecule has 0 aliphatic rings. The van der Waals surface area contributed by atoms with Gasteiger partial charge in [0.2, 0.25) is 0 Å². The zero-order valence-electron chi connectivity index (χ0n) is 13.7. The smallest absolute Gasteiger partial charge is 0.259 e. The first-order valence-electron chi connectivity index (χ1n) is 7.81. The van der Waals surface area contributed by atoms with E-state index in [2.05, 4.69) is 25.4 Å². The number of nitrogens with one attached hydrogen (secondary N) is 1. The van der Waals surface area contributed by atoms with Gasteiger partial charge in [0.15, 0.2) is 5.82 Å². The van der Waals surface area contributed by atoms with Crippen molar-refractivity contribution in [2.45, 2.75) is 6.92 Å². The first-order valence-corrected chi connectivity index (χ1v) is 8.19. The summed E-state index contributed by atoms with van der Waals surface area (Å²) in [6, 6.07) is 10.5. The quantitative estimate of drug-likeness (QED) is 0.602. The minimum Gasteiger partial charge on any atom is -0.322 e. The van der Waals surface area contributed by atoms with Crippen molar-refractivity contribution in [2.24, 2.45) is 0 Å². The number of aryl methyl sites for hydroxylation is 1. The van der Waals surface area contributed by atoms with E-state index in [4.69, 9.17) is 11.6 Å². The summed E-state index contributed by atoms with van der Waals surface area (Å²) in [5, 5.41) is 7.89. The molecule has 3 aromatic heterocycles. The molecule has 7 nitrogen and oxygen atoms in total. The minimum atomic E-state index is -0.278. The molecule has 0 aliphatic heterocycles. The van der Waals surface area contributed by atoms with Crippen LogP contribution in [0.5, 0.6) is 0 Å². The molecule has 4 rings (SSSR count). The first kappa shape index (κ1) is 16.2. The summed E-state index contributed by atoms with van der Waals surface area (Å²) in [4.78, 5) is 25.2. The van der Waals surface area contributed by atoms with Gasteiger partial charge in [-0.15, -0.1) is 5.10 Å². The normalized spacial score (nSPS) is 10.8. The molecular formula is C18H13ClN6O. The number of halogens is 1. The number of carbonyl (C=O) groups is 1. The average Bonchev–Trinajstić information content (AvgIpc) is 3.10. The van der Waals surface area contributed by atoms with Crippen molar-refractivity contribution in [3.8, 4) is 11.4 Å². The Morgan fingerprint density at radius 2 is 1.85 bits per heavy atom. The molecule has 26 heavy (non-hydrogen) atoms. The highest BCUT2D eigenvalue weighted by Gasteiger charge is 2.16. The number of pyridine rings is 1. The maximum absolute atomic E-state index is 12.6. The molecule has 0 saturated heterocycles. The maximum atomic E-state index is 12.6. The molecule has 1 N–H and O–H groups in total. The molecule has 0 fully saturated rings. The number of hydrogen-bond donors (Lipinski definition) is 1. The molecular weight excluding hydrogens is 352 g/mol. The summed E-state index contributed by atoms with van der Waals surface area (Å²) >= 11 is 5.86. The van der Waals surface area contributed by atoms with Crippen molar-refractivity contribution >= 4 is 29.0 Å². The summed E-state index contributed by atoms with van der Waals surface area (Å²) in [5.41, 5.74) is 2.54. The van der Waals surface area contributed by atoms with Gasteiger partial charge in [-0.3, -0.25) is 9.78 Å². The molecule has 8 heteroatoms. The Bertz CT molecular complexity index is 1090. The molecule has 0 bridgehead atoms. The zero-order valence-corrected chi connectivity index (χ0v) is 14.5. The van der Waals surface area contributed by atoms with Gasteiger partial charge in [-0.05, 0) is 43.3 Å². The van der Waals surface area contributed by atoms with Crippen LogP contribution >= 0.6 is 11.6 Å². The number of nitrogens with zero attached hydrogens (tertiary/aromatic N) is 5. The van der Waals surface area contributed by atoms with Crippen LogP contribution in [0.1, 0.15) is 16.1 Å². The molecule has 0 unspecified atom stereocenters. The lowest BCUT2D eigenvalue weighted by atomic mass is 10.2. The van der Waals surface area contributed by atoms with Gasteiger partial charge in [0, 0.05) is 34.9 Å². The van der Waals surface area contributed by atoms with Gasteiger partial charge in [-0.1, -0.05) is 11.6 Å². The van der Waals surface area contributed by atoms with Crippen molar-refractivity contribution in [2.75, 3.05) is 5.32 Å². The molecule has 0 aliphatic carbocycles. The van der Waals surface area contributed by atoms with E-state index in [9.17, 15) is 4.79 Å². The zero-order chi connectivity index (χ0) is 18.1. The Morgan fingerprint density at radius 1 is 1.12 bits per heavy atom. The predicted octanol–water partition coefficient (Wildman–Crippen LogP) is 3.40. The van der Waals surface area contributed by atoms with Crippen molar-refractivity contribution in [3.05, 3.63) is 71.3 Å². The molecule has 1 amide bonds. The lowest BCUT2D eigenvalue weighted by molar-refractivity contribution is 0.102. The van der Waals surface area contributed by atoms with E-state index < -0.39 is 0 Å². The molecule has 1 aromatic carbocycles. The lowest BCUT2D eigenvalue weighted by Crippen LogP contribution is -2.16. The predicted molar refractivity (Wildman–Crippen MR) is 98.2 cm³/mol. The van der Waals surface area contributed by atoms with Crippen LogP contribution in [0.3, 0.4) is 0 Å². The summed E-state index contributed by atoms with van der Waals surface area (Å²) in [7, 11) is 0. The number of hydrogen-bond acceptors (Lipinski definition) is 5. The SMILES string of the molecule is Cc1c(C(=O)Nc2ccc(Cl)cc2)cnc2nc(-c3ccncc3)nn12. The third-order valence-electron chi connectivity index (χ3n) is 3.89. The van der Waals surface area contributed by atoms with E-state index >= 15 is 0 Å². The highest BCUT2D eigenvalue weighted by Crippen LogP contribution is 2.18. The molecule has 128 valence electrons. The minimum absolute atomic E-state index is 0.278. The fraction of sp³-hybridized carbons (Fsp3) is 0.0556. The molecule has 0 spiro atoms. The van der Waals surface area contributed by atoms with Gasteiger partial charge in [0.05, 0.1) is 11.3 Å². The first-order chi connectivity index (χ1) is 12.6. The van der Waals surface area contributed by atoms with Crippen LogP contribution in [0.15, 0.2) is 55.0 Å². The summed E-state index contributed by atoms with van der Waals surface area (Å²) in [6.07, 6.45) is 4.85. The van der Waals surface area contributed by atoms with E-state index in [1.807, 2.05) is 12.1 Å². The van der Waals surface area contributed by atoms with Crippen LogP contribution in [-0.4, -0.2) is 30.5 Å². The third kappa shape index (κ3) is 3.00.